The highest BCUT2D eigenvalue weighted by Crippen LogP contribution is 2.28. The van der Waals surface area contributed by atoms with Crippen LogP contribution in [0.15, 0.2) is 18.2 Å². The van der Waals surface area contributed by atoms with Crippen LogP contribution in [-0.4, -0.2) is 32.2 Å². The number of anilines is 1. The fraction of sp³-hybridized carbons (Fsp3) is 0.533. The van der Waals surface area contributed by atoms with Crippen LogP contribution in [0, 0.1) is 0 Å². The summed E-state index contributed by atoms with van der Waals surface area (Å²) in [6.45, 7) is 6.22. The molecule has 0 radical (unpaired) electrons. The first-order chi connectivity index (χ1) is 9.41. The Kier molecular flexibility index (Phi) is 5.67. The normalized spacial score (nSPS) is 10.8. The van der Waals surface area contributed by atoms with Crippen LogP contribution in [0.1, 0.15) is 27.2 Å². The Hall–Kier alpha value is -1.91. The molecule has 0 bridgehead atoms. The van der Waals surface area contributed by atoms with Gasteiger partial charge in [0.05, 0.1) is 26.5 Å². The summed E-state index contributed by atoms with van der Waals surface area (Å²) < 4.78 is 10.4. The van der Waals surface area contributed by atoms with Gasteiger partial charge in [-0.25, -0.2) is 0 Å². The molecule has 0 saturated carbocycles. The van der Waals surface area contributed by atoms with Gasteiger partial charge in [-0.05, 0) is 32.4 Å². The quantitative estimate of drug-likeness (QED) is 0.805. The van der Waals surface area contributed by atoms with E-state index < -0.39 is 0 Å². The maximum Gasteiger partial charge on any atom is 0.239 e. The Bertz CT molecular complexity index is 458. The Morgan fingerprint density at radius 1 is 1.25 bits per heavy atom. The minimum absolute atomic E-state index is 0.0540. The maximum absolute atomic E-state index is 11.9. The molecule has 0 heterocycles. The summed E-state index contributed by atoms with van der Waals surface area (Å²) in [7, 11) is 3.19. The van der Waals surface area contributed by atoms with Crippen molar-refractivity contribution >= 4 is 11.6 Å². The number of hydrogen-bond acceptors (Lipinski definition) is 4. The van der Waals surface area contributed by atoms with E-state index in [-0.39, 0.29) is 18.0 Å². The van der Waals surface area contributed by atoms with E-state index in [4.69, 9.17) is 9.47 Å². The number of ether oxygens (including phenoxy) is 2. The van der Waals surface area contributed by atoms with E-state index in [0.717, 1.165) is 12.1 Å². The lowest BCUT2D eigenvalue weighted by Crippen LogP contribution is -2.45. The number of amides is 1. The molecule has 20 heavy (non-hydrogen) atoms. The second kappa shape index (κ2) is 7.03. The lowest BCUT2D eigenvalue weighted by atomic mass is 10.0. The molecule has 0 unspecified atom stereocenters. The van der Waals surface area contributed by atoms with Gasteiger partial charge in [-0.2, -0.15) is 0 Å². The van der Waals surface area contributed by atoms with E-state index in [9.17, 15) is 4.79 Å². The van der Waals surface area contributed by atoms with E-state index in [2.05, 4.69) is 10.6 Å². The Balaban J connectivity index is 2.67. The molecular weight excluding hydrogens is 256 g/mol. The lowest BCUT2D eigenvalue weighted by Gasteiger charge is -2.24. The maximum atomic E-state index is 11.9. The van der Waals surface area contributed by atoms with Gasteiger partial charge < -0.3 is 20.1 Å². The zero-order valence-electron chi connectivity index (χ0n) is 12.9. The van der Waals surface area contributed by atoms with Crippen LogP contribution in [0.4, 0.5) is 5.69 Å². The molecule has 1 aromatic carbocycles. The second-order valence-corrected chi connectivity index (χ2v) is 5.21. The van der Waals surface area contributed by atoms with Crippen LogP contribution in [0.3, 0.4) is 0 Å². The molecule has 0 saturated heterocycles. The van der Waals surface area contributed by atoms with Crippen LogP contribution >= 0.6 is 0 Å². The molecule has 0 aliphatic heterocycles. The van der Waals surface area contributed by atoms with Gasteiger partial charge in [0, 0.05) is 11.6 Å². The van der Waals surface area contributed by atoms with Crippen molar-refractivity contribution in [3.63, 3.8) is 0 Å². The zero-order valence-corrected chi connectivity index (χ0v) is 12.9. The van der Waals surface area contributed by atoms with Gasteiger partial charge in [0.2, 0.25) is 5.91 Å². The van der Waals surface area contributed by atoms with Gasteiger partial charge in [0.25, 0.3) is 0 Å². The molecule has 1 aromatic rings. The van der Waals surface area contributed by atoms with Gasteiger partial charge in [-0.15, -0.1) is 0 Å². The van der Waals surface area contributed by atoms with Crippen molar-refractivity contribution in [3.8, 4) is 11.5 Å². The Morgan fingerprint density at radius 3 is 2.50 bits per heavy atom. The predicted octanol–water partition coefficient (Wildman–Crippen LogP) is 2.42. The monoisotopic (exact) mass is 280 g/mol. The summed E-state index contributed by atoms with van der Waals surface area (Å²) in [6.07, 6.45) is 0.876. The molecule has 1 amide bonds. The standard InChI is InChI=1S/C15H24N2O3/c1-6-15(2,3)17-14(18)10-16-12-9-11(19-4)7-8-13(12)20-5/h7-9,16H,6,10H2,1-5H3,(H,17,18). The number of nitrogens with one attached hydrogen (secondary N) is 2. The van der Waals surface area contributed by atoms with Crippen LogP contribution in [0.2, 0.25) is 0 Å². The van der Waals surface area contributed by atoms with Gasteiger partial charge in [0.1, 0.15) is 11.5 Å². The number of carbonyl (C=O) groups is 1. The smallest absolute Gasteiger partial charge is 0.239 e. The summed E-state index contributed by atoms with van der Waals surface area (Å²) in [5.41, 5.74) is 0.535. The molecule has 5 nitrogen and oxygen atoms in total. The molecule has 0 atom stereocenters. The molecule has 0 aliphatic rings. The Labute approximate surface area is 120 Å². The molecule has 0 aromatic heterocycles. The first-order valence-corrected chi connectivity index (χ1v) is 6.68. The van der Waals surface area contributed by atoms with Gasteiger partial charge in [-0.3, -0.25) is 4.79 Å². The van der Waals surface area contributed by atoms with Gasteiger partial charge in [0.15, 0.2) is 0 Å². The lowest BCUT2D eigenvalue weighted by molar-refractivity contribution is -0.121. The third kappa shape index (κ3) is 4.64. The molecule has 5 heteroatoms. The van der Waals surface area contributed by atoms with Crippen LogP contribution in [0.25, 0.3) is 0 Å². The molecule has 0 fully saturated rings. The van der Waals surface area contributed by atoms with Crippen LogP contribution < -0.4 is 20.1 Å². The van der Waals surface area contributed by atoms with Crippen LogP contribution in [0.5, 0.6) is 11.5 Å². The van der Waals surface area contributed by atoms with E-state index in [1.165, 1.54) is 0 Å². The van der Waals surface area contributed by atoms with Crippen molar-refractivity contribution < 1.29 is 14.3 Å². The first kappa shape index (κ1) is 16.1. The number of carbonyl (C=O) groups excluding carboxylic acids is 1. The number of benzene rings is 1. The van der Waals surface area contributed by atoms with Gasteiger partial charge in [-0.1, -0.05) is 6.92 Å². The second-order valence-electron chi connectivity index (χ2n) is 5.21. The number of methoxy groups -OCH3 is 2. The van der Waals surface area contributed by atoms with Crippen molar-refractivity contribution in [2.75, 3.05) is 26.1 Å². The number of rotatable bonds is 7. The largest absolute Gasteiger partial charge is 0.497 e. The van der Waals surface area contributed by atoms with Crippen molar-refractivity contribution in [3.05, 3.63) is 18.2 Å². The zero-order chi connectivity index (χ0) is 15.2. The van der Waals surface area contributed by atoms with Gasteiger partial charge >= 0.3 is 0 Å². The minimum atomic E-state index is -0.197. The van der Waals surface area contributed by atoms with E-state index >= 15 is 0 Å². The predicted molar refractivity (Wildman–Crippen MR) is 80.5 cm³/mol. The average Bonchev–Trinajstić information content (AvgIpc) is 2.44. The SMILES string of the molecule is CCC(C)(C)NC(=O)CNc1cc(OC)ccc1OC. The summed E-state index contributed by atoms with van der Waals surface area (Å²) in [6, 6.07) is 5.41. The van der Waals surface area contributed by atoms with Crippen molar-refractivity contribution in [1.82, 2.24) is 5.32 Å². The third-order valence-corrected chi connectivity index (χ3v) is 3.21. The van der Waals surface area contributed by atoms with Crippen molar-refractivity contribution in [1.29, 1.82) is 0 Å². The topological polar surface area (TPSA) is 59.6 Å². The summed E-state index contributed by atoms with van der Waals surface area (Å²) in [4.78, 5) is 11.9. The molecule has 0 spiro atoms. The summed E-state index contributed by atoms with van der Waals surface area (Å²) in [5.74, 6) is 1.33. The first-order valence-electron chi connectivity index (χ1n) is 6.68. The fourth-order valence-corrected chi connectivity index (χ4v) is 1.64. The van der Waals surface area contributed by atoms with E-state index in [1.54, 1.807) is 26.4 Å². The minimum Gasteiger partial charge on any atom is -0.497 e. The molecule has 1 rings (SSSR count). The van der Waals surface area contributed by atoms with Crippen molar-refractivity contribution in [2.45, 2.75) is 32.7 Å². The van der Waals surface area contributed by atoms with Crippen LogP contribution in [-0.2, 0) is 4.79 Å². The highest BCUT2D eigenvalue weighted by molar-refractivity contribution is 5.82. The summed E-state index contributed by atoms with van der Waals surface area (Å²) in [5, 5.41) is 6.04. The molecule has 0 aliphatic carbocycles. The summed E-state index contributed by atoms with van der Waals surface area (Å²) >= 11 is 0. The highest BCUT2D eigenvalue weighted by atomic mass is 16.5. The average molecular weight is 280 g/mol. The third-order valence-electron chi connectivity index (χ3n) is 3.21. The molecular formula is C15H24N2O3. The van der Waals surface area contributed by atoms with E-state index in [0.29, 0.717) is 11.5 Å². The van der Waals surface area contributed by atoms with Crippen molar-refractivity contribution in [2.24, 2.45) is 0 Å². The highest BCUT2D eigenvalue weighted by Gasteiger charge is 2.17. The molecule has 112 valence electrons. The van der Waals surface area contributed by atoms with E-state index in [1.807, 2.05) is 26.8 Å². The fourth-order valence-electron chi connectivity index (χ4n) is 1.64. The molecule has 2 N–H and O–H groups in total. The number of hydrogen-bond donors (Lipinski definition) is 2. The Morgan fingerprint density at radius 2 is 1.95 bits per heavy atom.